The highest BCUT2D eigenvalue weighted by molar-refractivity contribution is 6.38. The van der Waals surface area contributed by atoms with Crippen molar-refractivity contribution in [1.82, 2.24) is 26.8 Å². The van der Waals surface area contributed by atoms with Crippen LogP contribution in [0.3, 0.4) is 0 Å². The average Bonchev–Trinajstić information content (AvgIpc) is 2.71. The molecular formula is C23H41N5O6. The summed E-state index contributed by atoms with van der Waals surface area (Å²) in [5, 5.41) is 7.90. The molecule has 0 aromatic rings. The molecule has 3 atom stereocenters. The molecule has 0 aliphatic carbocycles. The van der Waals surface area contributed by atoms with E-state index in [1.54, 1.807) is 13.8 Å². The summed E-state index contributed by atoms with van der Waals surface area (Å²) in [5.41, 5.74) is 4.69. The lowest BCUT2D eigenvalue weighted by atomic mass is 9.98. The molecule has 11 heteroatoms. The Hall–Kier alpha value is -2.69. The Balaban J connectivity index is 2.89. The summed E-state index contributed by atoms with van der Waals surface area (Å²) in [5.74, 6) is -2.88. The SMILES string of the molecule is CC(C)CC(NC(=O)C(NC(=O)OCC(C)(C)C)C(C)C)C(=O)NC1CCCNNC(=O)C1=O. The topological polar surface area (TPSA) is 155 Å². The molecule has 1 aliphatic heterocycles. The van der Waals surface area contributed by atoms with Gasteiger partial charge in [0.2, 0.25) is 17.6 Å². The van der Waals surface area contributed by atoms with Gasteiger partial charge in [-0.15, -0.1) is 0 Å². The average molecular weight is 484 g/mol. The van der Waals surface area contributed by atoms with Gasteiger partial charge < -0.3 is 20.7 Å². The molecule has 1 saturated heterocycles. The summed E-state index contributed by atoms with van der Waals surface area (Å²) in [4.78, 5) is 62.5. The molecule has 194 valence electrons. The van der Waals surface area contributed by atoms with E-state index in [4.69, 9.17) is 4.74 Å². The first kappa shape index (κ1) is 29.3. The Morgan fingerprint density at radius 1 is 1.06 bits per heavy atom. The molecule has 0 aromatic carbocycles. The molecule has 0 aromatic heterocycles. The first-order valence-electron chi connectivity index (χ1n) is 11.8. The van der Waals surface area contributed by atoms with Crippen LogP contribution in [-0.4, -0.2) is 60.9 Å². The Bertz CT molecular complexity index is 747. The molecule has 0 bridgehead atoms. The number of alkyl carbamates (subject to hydrolysis) is 1. The van der Waals surface area contributed by atoms with Crippen LogP contribution < -0.4 is 26.8 Å². The molecule has 1 aliphatic rings. The number of nitrogens with one attached hydrogen (secondary N) is 5. The molecule has 5 N–H and O–H groups in total. The van der Waals surface area contributed by atoms with Crippen LogP contribution in [0, 0.1) is 17.3 Å². The predicted molar refractivity (Wildman–Crippen MR) is 126 cm³/mol. The minimum atomic E-state index is -0.979. The van der Waals surface area contributed by atoms with Gasteiger partial charge >= 0.3 is 12.0 Å². The molecule has 3 unspecified atom stereocenters. The zero-order valence-corrected chi connectivity index (χ0v) is 21.4. The van der Waals surface area contributed by atoms with Crippen molar-refractivity contribution in [3.05, 3.63) is 0 Å². The van der Waals surface area contributed by atoms with Crippen LogP contribution in [0.1, 0.15) is 67.7 Å². The van der Waals surface area contributed by atoms with Crippen LogP contribution in [0.25, 0.3) is 0 Å². The number of hydrogen-bond donors (Lipinski definition) is 5. The van der Waals surface area contributed by atoms with E-state index in [1.807, 2.05) is 34.6 Å². The molecule has 0 saturated carbocycles. The van der Waals surface area contributed by atoms with Gasteiger partial charge in [-0.1, -0.05) is 48.5 Å². The first-order chi connectivity index (χ1) is 15.7. The Kier molecular flexibility index (Phi) is 11.4. The smallest absolute Gasteiger partial charge is 0.407 e. The molecular weight excluding hydrogens is 442 g/mol. The lowest BCUT2D eigenvalue weighted by molar-refractivity contribution is -0.141. The Morgan fingerprint density at radius 3 is 2.26 bits per heavy atom. The lowest BCUT2D eigenvalue weighted by Crippen LogP contribution is -2.59. The number of amides is 4. The quantitative estimate of drug-likeness (QED) is 0.304. The first-order valence-corrected chi connectivity index (χ1v) is 11.8. The van der Waals surface area contributed by atoms with Crippen LogP contribution >= 0.6 is 0 Å². The number of Topliss-reactive ketones (excluding diaryl/α,β-unsaturated/α-hetero) is 1. The van der Waals surface area contributed by atoms with Gasteiger partial charge in [-0.25, -0.2) is 10.2 Å². The van der Waals surface area contributed by atoms with Gasteiger partial charge in [0, 0.05) is 6.54 Å². The van der Waals surface area contributed by atoms with Crippen molar-refractivity contribution in [3.63, 3.8) is 0 Å². The van der Waals surface area contributed by atoms with E-state index in [-0.39, 0.29) is 23.9 Å². The second kappa shape index (κ2) is 13.3. The maximum absolute atomic E-state index is 13.0. The summed E-state index contributed by atoms with van der Waals surface area (Å²) in [6, 6.07) is -2.84. The van der Waals surface area contributed by atoms with Crippen LogP contribution in [0.15, 0.2) is 0 Å². The fourth-order valence-corrected chi connectivity index (χ4v) is 3.25. The van der Waals surface area contributed by atoms with Gasteiger partial charge in [0.25, 0.3) is 0 Å². The zero-order valence-electron chi connectivity index (χ0n) is 21.4. The largest absolute Gasteiger partial charge is 0.449 e. The van der Waals surface area contributed by atoms with Gasteiger partial charge in [0.1, 0.15) is 12.1 Å². The summed E-state index contributed by atoms with van der Waals surface area (Å²) in [6.45, 7) is 13.7. The lowest BCUT2D eigenvalue weighted by Gasteiger charge is -2.28. The Morgan fingerprint density at radius 2 is 1.71 bits per heavy atom. The van der Waals surface area contributed by atoms with E-state index in [0.29, 0.717) is 25.8 Å². The van der Waals surface area contributed by atoms with Crippen molar-refractivity contribution < 1.29 is 28.7 Å². The van der Waals surface area contributed by atoms with Gasteiger partial charge in [-0.05, 0) is 36.5 Å². The monoisotopic (exact) mass is 483 g/mol. The van der Waals surface area contributed by atoms with E-state index in [2.05, 4.69) is 26.8 Å². The standard InChI is InChI=1S/C23H41N5O6/c1-13(2)11-16(19(30)25-15-9-8-10-24-28-21(32)18(15)29)26-20(31)17(14(3)4)27-22(33)34-12-23(5,6)7/h13-17,24H,8-12H2,1-7H3,(H,25,30)(H,26,31)(H,27,33)(H,28,32). The predicted octanol–water partition coefficient (Wildman–Crippen LogP) is 0.783. The minimum Gasteiger partial charge on any atom is -0.449 e. The normalized spacial score (nSPS) is 18.9. The highest BCUT2D eigenvalue weighted by Gasteiger charge is 2.33. The summed E-state index contributed by atoms with van der Waals surface area (Å²) in [6.07, 6.45) is 0.455. The maximum Gasteiger partial charge on any atom is 0.407 e. The van der Waals surface area contributed by atoms with Crippen molar-refractivity contribution in [2.75, 3.05) is 13.2 Å². The van der Waals surface area contributed by atoms with Crippen molar-refractivity contribution in [2.24, 2.45) is 17.3 Å². The van der Waals surface area contributed by atoms with E-state index >= 15 is 0 Å². The second-order valence-corrected chi connectivity index (χ2v) is 10.6. The highest BCUT2D eigenvalue weighted by atomic mass is 16.5. The maximum atomic E-state index is 13.0. The van der Waals surface area contributed by atoms with E-state index in [9.17, 15) is 24.0 Å². The van der Waals surface area contributed by atoms with Crippen molar-refractivity contribution in [3.8, 4) is 0 Å². The van der Waals surface area contributed by atoms with E-state index in [0.717, 1.165) is 0 Å². The molecule has 0 radical (unpaired) electrons. The van der Waals surface area contributed by atoms with Crippen molar-refractivity contribution >= 4 is 29.6 Å². The van der Waals surface area contributed by atoms with Gasteiger partial charge in [0.15, 0.2) is 0 Å². The number of ether oxygens (including phenoxy) is 1. The van der Waals surface area contributed by atoms with Crippen LogP contribution in [0.5, 0.6) is 0 Å². The molecule has 0 spiro atoms. The third kappa shape index (κ3) is 10.5. The third-order valence-corrected chi connectivity index (χ3v) is 5.05. The zero-order chi connectivity index (χ0) is 26.1. The van der Waals surface area contributed by atoms with Gasteiger partial charge in [-0.2, -0.15) is 0 Å². The van der Waals surface area contributed by atoms with E-state index in [1.165, 1.54) is 0 Å². The van der Waals surface area contributed by atoms with Crippen LogP contribution in [0.4, 0.5) is 4.79 Å². The van der Waals surface area contributed by atoms with E-state index < -0.39 is 47.7 Å². The number of hydrogen-bond acceptors (Lipinski definition) is 7. The fraction of sp³-hybridized carbons (Fsp3) is 0.783. The number of carbonyl (C=O) groups is 5. The molecule has 1 rings (SSSR count). The molecule has 4 amide bonds. The fourth-order valence-electron chi connectivity index (χ4n) is 3.25. The highest BCUT2D eigenvalue weighted by Crippen LogP contribution is 2.14. The summed E-state index contributed by atoms with van der Waals surface area (Å²) >= 11 is 0. The summed E-state index contributed by atoms with van der Waals surface area (Å²) in [7, 11) is 0. The Labute approximate surface area is 201 Å². The van der Waals surface area contributed by atoms with Crippen LogP contribution in [0.2, 0.25) is 0 Å². The van der Waals surface area contributed by atoms with Crippen LogP contribution in [-0.2, 0) is 23.9 Å². The van der Waals surface area contributed by atoms with Crippen molar-refractivity contribution in [2.45, 2.75) is 85.9 Å². The second-order valence-electron chi connectivity index (χ2n) is 10.6. The molecule has 34 heavy (non-hydrogen) atoms. The molecule has 1 heterocycles. The number of rotatable bonds is 9. The number of ketones is 1. The minimum absolute atomic E-state index is 0.0544. The number of hydrazine groups is 1. The number of carbonyl (C=O) groups excluding carboxylic acids is 5. The summed E-state index contributed by atoms with van der Waals surface area (Å²) < 4.78 is 5.21. The van der Waals surface area contributed by atoms with Crippen molar-refractivity contribution in [1.29, 1.82) is 0 Å². The molecule has 1 fully saturated rings. The molecule has 11 nitrogen and oxygen atoms in total. The third-order valence-electron chi connectivity index (χ3n) is 5.05. The van der Waals surface area contributed by atoms with Gasteiger partial charge in [-0.3, -0.25) is 24.6 Å². The van der Waals surface area contributed by atoms with Gasteiger partial charge in [0.05, 0.1) is 12.6 Å².